The van der Waals surface area contributed by atoms with Crippen molar-refractivity contribution in [2.75, 3.05) is 0 Å². The highest BCUT2D eigenvalue weighted by atomic mass is 35.5. The van der Waals surface area contributed by atoms with Crippen LogP contribution in [0.5, 0.6) is 0 Å². The van der Waals surface area contributed by atoms with Gasteiger partial charge in [0.2, 0.25) is 0 Å². The molecule has 0 bridgehead atoms. The van der Waals surface area contributed by atoms with Gasteiger partial charge in [0.1, 0.15) is 0 Å². The van der Waals surface area contributed by atoms with Crippen molar-refractivity contribution < 1.29 is 23.9 Å². The van der Waals surface area contributed by atoms with Gasteiger partial charge in [-0.15, -0.1) is 0 Å². The maximum Gasteiger partial charge on any atom is 0.328 e. The van der Waals surface area contributed by atoms with Crippen LogP contribution in [-0.2, 0) is 23.9 Å². The lowest BCUT2D eigenvalue weighted by molar-refractivity contribution is -0.214. The van der Waals surface area contributed by atoms with Crippen LogP contribution in [0.1, 0.15) is 20.8 Å². The number of rotatable bonds is 3. The molecule has 0 saturated heterocycles. The first-order valence-electron chi connectivity index (χ1n) is 3.37. The molecule has 0 aromatic carbocycles. The topological polar surface area (TPSA) is 69.7 Å². The van der Waals surface area contributed by atoms with Crippen LogP contribution >= 0.6 is 11.6 Å². The fourth-order valence-electron chi connectivity index (χ4n) is 0.650. The zero-order chi connectivity index (χ0) is 10.6. The van der Waals surface area contributed by atoms with Crippen molar-refractivity contribution in [1.29, 1.82) is 0 Å². The first-order chi connectivity index (χ1) is 5.78. The van der Waals surface area contributed by atoms with Gasteiger partial charge in [0.25, 0.3) is 0 Å². The molecule has 0 fully saturated rings. The predicted octanol–water partition coefficient (Wildman–Crippen LogP) is 0.594. The normalized spacial score (nSPS) is 10.5. The molecule has 5 nitrogen and oxygen atoms in total. The molecule has 13 heavy (non-hydrogen) atoms. The maximum atomic E-state index is 10.7. The number of esters is 2. The average molecular weight is 209 g/mol. The van der Waals surface area contributed by atoms with Crippen LogP contribution in [0.25, 0.3) is 0 Å². The molecule has 0 radical (unpaired) electrons. The second-order valence-electron chi connectivity index (χ2n) is 2.41. The van der Waals surface area contributed by atoms with Crippen LogP contribution in [-0.4, -0.2) is 23.0 Å². The summed E-state index contributed by atoms with van der Waals surface area (Å²) < 4.78 is 8.89. The van der Waals surface area contributed by atoms with Gasteiger partial charge in [0.05, 0.1) is 0 Å². The minimum absolute atomic E-state index is 0.766. The van der Waals surface area contributed by atoms with Gasteiger partial charge in [0, 0.05) is 20.8 Å². The van der Waals surface area contributed by atoms with Gasteiger partial charge in [-0.2, -0.15) is 0 Å². The van der Waals surface area contributed by atoms with Gasteiger partial charge >= 0.3 is 23.0 Å². The summed E-state index contributed by atoms with van der Waals surface area (Å²) in [6.07, 6.45) is 0. The minimum Gasteiger partial charge on any atom is -0.414 e. The molecule has 6 heteroatoms. The first kappa shape index (κ1) is 11.9. The molecular formula is C7H9ClO5. The Balaban J connectivity index is 4.62. The van der Waals surface area contributed by atoms with Crippen molar-refractivity contribution in [3.63, 3.8) is 0 Å². The Bertz CT molecular complexity index is 231. The van der Waals surface area contributed by atoms with Crippen molar-refractivity contribution in [2.45, 2.75) is 26.6 Å². The summed E-state index contributed by atoms with van der Waals surface area (Å²) in [6.45, 7) is 3.23. The minimum atomic E-state index is -2.03. The third-order valence-electron chi connectivity index (χ3n) is 1.03. The molecule has 0 amide bonds. The zero-order valence-corrected chi connectivity index (χ0v) is 8.18. The quantitative estimate of drug-likeness (QED) is 0.386. The summed E-state index contributed by atoms with van der Waals surface area (Å²) in [7, 11) is 0. The lowest BCUT2D eigenvalue weighted by Crippen LogP contribution is -2.41. The summed E-state index contributed by atoms with van der Waals surface area (Å²) in [5, 5.41) is -1.07. The van der Waals surface area contributed by atoms with E-state index in [-0.39, 0.29) is 0 Å². The highest BCUT2D eigenvalue weighted by molar-refractivity contribution is 6.65. The Morgan fingerprint density at radius 1 is 1.08 bits per heavy atom. The monoisotopic (exact) mass is 208 g/mol. The van der Waals surface area contributed by atoms with E-state index >= 15 is 0 Å². The Kier molecular flexibility index (Phi) is 3.87. The molecule has 0 aliphatic rings. The fourth-order valence-corrected chi connectivity index (χ4v) is 0.727. The third-order valence-corrected chi connectivity index (χ3v) is 1.38. The number of halogens is 1. The summed E-state index contributed by atoms with van der Waals surface area (Å²) in [6, 6.07) is 0. The average Bonchev–Trinajstić information content (AvgIpc) is 1.82. The zero-order valence-electron chi connectivity index (χ0n) is 7.42. The largest absolute Gasteiger partial charge is 0.414 e. The molecule has 74 valence electrons. The number of carbonyl (C=O) groups is 3. The van der Waals surface area contributed by atoms with E-state index in [0.717, 1.165) is 20.8 Å². The van der Waals surface area contributed by atoms with Crippen molar-refractivity contribution in [1.82, 2.24) is 0 Å². The van der Waals surface area contributed by atoms with E-state index in [0.29, 0.717) is 0 Å². The van der Waals surface area contributed by atoms with E-state index in [2.05, 4.69) is 9.47 Å². The van der Waals surface area contributed by atoms with Crippen molar-refractivity contribution in [2.24, 2.45) is 0 Å². The van der Waals surface area contributed by atoms with Crippen LogP contribution in [0.2, 0.25) is 0 Å². The van der Waals surface area contributed by atoms with E-state index in [1.165, 1.54) is 0 Å². The third kappa shape index (κ3) is 3.89. The van der Waals surface area contributed by atoms with Crippen LogP contribution < -0.4 is 0 Å². The van der Waals surface area contributed by atoms with Gasteiger partial charge < -0.3 is 9.47 Å². The van der Waals surface area contributed by atoms with Gasteiger partial charge in [-0.3, -0.25) is 14.4 Å². The molecule has 0 spiro atoms. The predicted molar refractivity (Wildman–Crippen MR) is 42.8 cm³/mol. The molecule has 0 aliphatic heterocycles. The summed E-state index contributed by atoms with van der Waals surface area (Å²) in [4.78, 5) is 31.8. The molecule has 0 rings (SSSR count). The fraction of sp³-hybridized carbons (Fsp3) is 0.571. The maximum absolute atomic E-state index is 10.7. The molecule has 0 heterocycles. The number of hydrogen-bond acceptors (Lipinski definition) is 5. The molecule has 0 aromatic rings. The van der Waals surface area contributed by atoms with Gasteiger partial charge in [-0.25, -0.2) is 0 Å². The van der Waals surface area contributed by atoms with Crippen LogP contribution in [0.3, 0.4) is 0 Å². The highest BCUT2D eigenvalue weighted by Gasteiger charge is 2.39. The molecule has 0 atom stereocenters. The van der Waals surface area contributed by atoms with Crippen LogP contribution in [0.4, 0.5) is 0 Å². The second kappa shape index (κ2) is 4.23. The van der Waals surface area contributed by atoms with Gasteiger partial charge in [-0.05, 0) is 11.6 Å². The summed E-state index contributed by atoms with van der Waals surface area (Å²) in [5.74, 6) is -3.56. The van der Waals surface area contributed by atoms with Crippen LogP contribution in [0.15, 0.2) is 0 Å². The lowest BCUT2D eigenvalue weighted by atomic mass is 10.3. The number of carbonyl (C=O) groups excluding carboxylic acids is 3. The van der Waals surface area contributed by atoms with E-state index in [9.17, 15) is 14.4 Å². The Hall–Kier alpha value is -1.10. The molecule has 0 aliphatic carbocycles. The SMILES string of the molecule is CC(=O)OC(C)(OC(C)=O)C(=O)Cl. The molecular weight excluding hydrogens is 200 g/mol. The first-order valence-corrected chi connectivity index (χ1v) is 3.75. The van der Waals surface area contributed by atoms with E-state index in [1.807, 2.05) is 0 Å². The lowest BCUT2D eigenvalue weighted by Gasteiger charge is -2.23. The molecule has 0 aromatic heterocycles. The van der Waals surface area contributed by atoms with Crippen molar-refractivity contribution >= 4 is 28.8 Å². The summed E-state index contributed by atoms with van der Waals surface area (Å²) in [5.41, 5.74) is 0. The van der Waals surface area contributed by atoms with E-state index in [4.69, 9.17) is 11.6 Å². The Morgan fingerprint density at radius 3 is 1.54 bits per heavy atom. The molecule has 0 saturated carbocycles. The van der Waals surface area contributed by atoms with Gasteiger partial charge in [-0.1, -0.05) is 0 Å². The second-order valence-corrected chi connectivity index (χ2v) is 2.75. The highest BCUT2D eigenvalue weighted by Crippen LogP contribution is 2.16. The van der Waals surface area contributed by atoms with Crippen LogP contribution in [0, 0.1) is 0 Å². The van der Waals surface area contributed by atoms with Crippen molar-refractivity contribution in [3.05, 3.63) is 0 Å². The van der Waals surface area contributed by atoms with Gasteiger partial charge in [0.15, 0.2) is 0 Å². The van der Waals surface area contributed by atoms with Crippen molar-refractivity contribution in [3.8, 4) is 0 Å². The summed E-state index contributed by atoms with van der Waals surface area (Å²) >= 11 is 5.08. The molecule has 0 unspecified atom stereocenters. The number of hydrogen-bond donors (Lipinski definition) is 0. The van der Waals surface area contributed by atoms with E-state index < -0.39 is 23.0 Å². The smallest absolute Gasteiger partial charge is 0.328 e. The standard InChI is InChI=1S/C7H9ClO5/c1-4(9)12-7(3,6(8)11)13-5(2)10/h1-3H3. The Morgan fingerprint density at radius 2 is 1.38 bits per heavy atom. The molecule has 0 N–H and O–H groups in total. The Labute approximate surface area is 79.9 Å². The van der Waals surface area contributed by atoms with E-state index in [1.54, 1.807) is 0 Å². The number of ether oxygens (including phenoxy) is 2.